The van der Waals surface area contributed by atoms with Crippen LogP contribution in [0.15, 0.2) is 105 Å². The van der Waals surface area contributed by atoms with Crippen LogP contribution in [-0.2, 0) is 22.4 Å². The van der Waals surface area contributed by atoms with Gasteiger partial charge in [0.2, 0.25) is 22.1 Å². The molecule has 1 aliphatic heterocycles. The first-order chi connectivity index (χ1) is 22.3. The van der Waals surface area contributed by atoms with E-state index in [2.05, 4.69) is 31.1 Å². The number of nitrogen functional groups attached to an aromatic ring is 1. The number of nitrogens with zero attached hydrogens (tertiary/aromatic N) is 6. The lowest BCUT2D eigenvalue weighted by Gasteiger charge is -2.16. The van der Waals surface area contributed by atoms with Crippen LogP contribution in [0.5, 0.6) is 0 Å². The van der Waals surface area contributed by atoms with E-state index >= 15 is 0 Å². The highest BCUT2D eigenvalue weighted by atomic mass is 35.5. The molecule has 6 rings (SSSR count). The van der Waals surface area contributed by atoms with Gasteiger partial charge in [-0.3, -0.25) is 24.6 Å². The van der Waals surface area contributed by atoms with Gasteiger partial charge >= 0.3 is 0 Å². The fourth-order valence-electron chi connectivity index (χ4n) is 4.08. The number of thioether (sulfide) groups is 2. The van der Waals surface area contributed by atoms with Crippen LogP contribution in [0.3, 0.4) is 0 Å². The Balaban J connectivity index is 0.000000192. The van der Waals surface area contributed by atoms with Gasteiger partial charge in [0.25, 0.3) is 11.1 Å². The number of nitrogens with one attached hydrogen (secondary N) is 2. The molecule has 2 amide bonds. The van der Waals surface area contributed by atoms with Crippen molar-refractivity contribution in [2.45, 2.75) is 23.2 Å². The smallest absolute Gasteiger partial charge is 0.295 e. The van der Waals surface area contributed by atoms with E-state index in [0.717, 1.165) is 27.6 Å². The highest BCUT2D eigenvalue weighted by Gasteiger charge is 2.20. The Morgan fingerprint density at radius 2 is 1.43 bits per heavy atom. The van der Waals surface area contributed by atoms with Gasteiger partial charge in [-0.1, -0.05) is 108 Å². The van der Waals surface area contributed by atoms with Gasteiger partial charge in [0, 0.05) is 12.8 Å². The van der Waals surface area contributed by atoms with Crippen molar-refractivity contribution in [1.29, 1.82) is 0 Å². The highest BCUT2D eigenvalue weighted by Crippen LogP contribution is 2.21. The molecular formula is C30H26ClN9O4S2. The molecule has 0 aliphatic carbocycles. The number of halogens is 1. The van der Waals surface area contributed by atoms with E-state index in [1.54, 1.807) is 24.3 Å². The summed E-state index contributed by atoms with van der Waals surface area (Å²) in [6, 6.07) is 25.9. The molecule has 3 heterocycles. The third-order valence-electron chi connectivity index (χ3n) is 6.30. The first-order valence-corrected chi connectivity index (χ1v) is 16.0. The minimum Gasteiger partial charge on any atom is -0.334 e. The summed E-state index contributed by atoms with van der Waals surface area (Å²) in [6.07, 6.45) is 0.731. The number of hydrogen-bond acceptors (Lipinski definition) is 11. The number of benzene rings is 3. The Labute approximate surface area is 275 Å². The molecule has 0 saturated carbocycles. The number of fused-ring (bicyclic) bond motifs is 1. The predicted octanol–water partition coefficient (Wildman–Crippen LogP) is 2.73. The minimum atomic E-state index is -0.442. The van der Waals surface area contributed by atoms with Crippen molar-refractivity contribution in [3.63, 3.8) is 0 Å². The van der Waals surface area contributed by atoms with Crippen molar-refractivity contribution in [3.05, 3.63) is 133 Å². The lowest BCUT2D eigenvalue weighted by atomic mass is 10.1. The van der Waals surface area contributed by atoms with Crippen LogP contribution in [0.2, 0.25) is 5.02 Å². The number of nitrogens with two attached hydrogens (primary N) is 1. The van der Waals surface area contributed by atoms with Gasteiger partial charge in [-0.15, -0.1) is 20.4 Å². The number of carbonyl (C=O) groups excluding carboxylic acids is 2. The second-order valence-electron chi connectivity index (χ2n) is 9.64. The van der Waals surface area contributed by atoms with E-state index in [0.29, 0.717) is 34.4 Å². The lowest BCUT2D eigenvalue weighted by Crippen LogP contribution is -2.41. The van der Waals surface area contributed by atoms with Gasteiger partial charge in [-0.2, -0.15) is 9.35 Å². The molecule has 0 saturated heterocycles. The second kappa shape index (κ2) is 15.3. The highest BCUT2D eigenvalue weighted by molar-refractivity contribution is 8.00. The zero-order valence-electron chi connectivity index (χ0n) is 24.0. The molecule has 0 bridgehead atoms. The predicted molar refractivity (Wildman–Crippen MR) is 177 cm³/mol. The Morgan fingerprint density at radius 1 is 0.848 bits per heavy atom. The molecule has 5 aromatic rings. The molecule has 13 nitrogen and oxygen atoms in total. The molecule has 0 fully saturated rings. The van der Waals surface area contributed by atoms with E-state index in [1.807, 2.05) is 60.7 Å². The standard InChI is InChI=1S/C18H16ClN5O2S.C12H10N4O2S/c19-13-8-4-5-9-14(13)21-16(25)11-27-18-23-22-15(17(26)24(18)20)10-12-6-2-1-3-7-12;17-10-7-19-12-14-13-9(11(18)16(12)15-10)6-8-4-2-1-3-5-8/h1-9H,10-11,20H2,(H,21,25);1-5H,6-7H2,(H,15,17). The van der Waals surface area contributed by atoms with Gasteiger partial charge in [0.1, 0.15) is 11.4 Å². The third kappa shape index (κ3) is 8.38. The molecule has 46 heavy (non-hydrogen) atoms. The molecule has 3 aromatic carbocycles. The number of carbonyl (C=O) groups is 2. The quantitative estimate of drug-likeness (QED) is 0.163. The van der Waals surface area contributed by atoms with Gasteiger partial charge in [-0.25, -0.2) is 0 Å². The number of anilines is 1. The van der Waals surface area contributed by atoms with Crippen LogP contribution < -0.4 is 27.7 Å². The summed E-state index contributed by atoms with van der Waals surface area (Å²) in [5.41, 5.74) is 4.71. The van der Waals surface area contributed by atoms with Crippen LogP contribution in [0.1, 0.15) is 22.5 Å². The summed E-state index contributed by atoms with van der Waals surface area (Å²) in [7, 11) is 0. The van der Waals surface area contributed by atoms with Crippen molar-refractivity contribution >= 4 is 52.6 Å². The molecule has 0 unspecified atom stereocenters. The summed E-state index contributed by atoms with van der Waals surface area (Å²) in [4.78, 5) is 48.0. The monoisotopic (exact) mass is 675 g/mol. The largest absolute Gasteiger partial charge is 0.334 e. The van der Waals surface area contributed by atoms with Gasteiger partial charge < -0.3 is 11.2 Å². The topological polar surface area (TPSA) is 180 Å². The zero-order chi connectivity index (χ0) is 32.5. The van der Waals surface area contributed by atoms with Crippen molar-refractivity contribution in [3.8, 4) is 0 Å². The molecule has 2 aromatic heterocycles. The van der Waals surface area contributed by atoms with E-state index in [4.69, 9.17) is 17.4 Å². The van der Waals surface area contributed by atoms with Crippen LogP contribution in [0.25, 0.3) is 0 Å². The fraction of sp³-hybridized carbons (Fsp3) is 0.133. The number of amides is 2. The molecule has 4 N–H and O–H groups in total. The van der Waals surface area contributed by atoms with Crippen LogP contribution in [0.4, 0.5) is 5.69 Å². The average Bonchev–Trinajstić information content (AvgIpc) is 3.07. The third-order valence-corrected chi connectivity index (χ3v) is 8.51. The van der Waals surface area contributed by atoms with Crippen molar-refractivity contribution < 1.29 is 9.59 Å². The minimum absolute atomic E-state index is 0.00851. The molecular weight excluding hydrogens is 650 g/mol. The zero-order valence-corrected chi connectivity index (χ0v) is 26.4. The van der Waals surface area contributed by atoms with Gasteiger partial charge in [0.15, 0.2) is 0 Å². The maximum atomic E-state index is 12.4. The van der Waals surface area contributed by atoms with E-state index in [-0.39, 0.29) is 39.7 Å². The lowest BCUT2D eigenvalue weighted by molar-refractivity contribution is -0.115. The summed E-state index contributed by atoms with van der Waals surface area (Å²) < 4.78 is 2.08. The number of para-hydroxylation sites is 1. The molecule has 0 radical (unpaired) electrons. The first-order valence-electron chi connectivity index (χ1n) is 13.7. The normalized spacial score (nSPS) is 11.9. The van der Waals surface area contributed by atoms with Crippen molar-refractivity contribution in [1.82, 2.24) is 29.7 Å². The Bertz CT molecular complexity index is 1980. The van der Waals surface area contributed by atoms with Crippen LogP contribution >= 0.6 is 35.1 Å². The van der Waals surface area contributed by atoms with Crippen LogP contribution in [-0.4, -0.2) is 53.1 Å². The van der Waals surface area contributed by atoms with E-state index in [9.17, 15) is 19.2 Å². The molecule has 234 valence electrons. The van der Waals surface area contributed by atoms with Crippen LogP contribution in [0, 0.1) is 0 Å². The Kier molecular flexibility index (Phi) is 10.8. The SMILES string of the molecule is Nn1c(SCC(=O)Nc2ccccc2Cl)nnc(Cc2ccccc2)c1=O.O=C1CSc2nnc(Cc3ccccc3)c(=O)n2N1. The molecule has 0 spiro atoms. The molecule has 0 atom stereocenters. The van der Waals surface area contributed by atoms with Crippen molar-refractivity contribution in [2.75, 3.05) is 28.1 Å². The summed E-state index contributed by atoms with van der Waals surface area (Å²) in [6.45, 7) is 0. The summed E-state index contributed by atoms with van der Waals surface area (Å²) in [5.74, 6) is 5.59. The maximum absolute atomic E-state index is 12.4. The Morgan fingerprint density at radius 3 is 2.09 bits per heavy atom. The number of hydrogen-bond donors (Lipinski definition) is 3. The van der Waals surface area contributed by atoms with E-state index in [1.165, 1.54) is 16.4 Å². The summed E-state index contributed by atoms with van der Waals surface area (Å²) in [5, 5.41) is 19.6. The number of rotatable bonds is 8. The summed E-state index contributed by atoms with van der Waals surface area (Å²) >= 11 is 8.23. The first kappa shape index (κ1) is 32.4. The maximum Gasteiger partial charge on any atom is 0.295 e. The Hall–Kier alpha value is -4.99. The average molecular weight is 676 g/mol. The number of aromatic nitrogens is 6. The second-order valence-corrected chi connectivity index (χ2v) is 11.9. The van der Waals surface area contributed by atoms with E-state index < -0.39 is 5.56 Å². The van der Waals surface area contributed by atoms with Gasteiger partial charge in [0.05, 0.1) is 22.2 Å². The fourth-order valence-corrected chi connectivity index (χ4v) is 5.60. The molecule has 16 heteroatoms. The molecule has 1 aliphatic rings. The van der Waals surface area contributed by atoms with Gasteiger partial charge in [-0.05, 0) is 23.3 Å². The van der Waals surface area contributed by atoms with Crippen molar-refractivity contribution in [2.24, 2.45) is 0 Å².